The van der Waals surface area contributed by atoms with Crippen LogP contribution in [-0.2, 0) is 6.54 Å². The summed E-state index contributed by atoms with van der Waals surface area (Å²) >= 11 is 30.0. The standard InChI is InChI=1S/C19H16Cl4N4S/c1-10-18(25-19(28)24-12-6-7-16(22)17(23)8-12)11(2)27(26-10)9-13-14(20)4-3-5-15(13)21/h3-8H,9H2,1-2H3,(H2,24,25,28). The van der Waals surface area contributed by atoms with Crippen LogP contribution < -0.4 is 10.6 Å². The zero-order valence-electron chi connectivity index (χ0n) is 15.0. The molecule has 0 spiro atoms. The second kappa shape index (κ2) is 8.89. The molecule has 0 aliphatic carbocycles. The van der Waals surface area contributed by atoms with Crippen LogP contribution in [0.15, 0.2) is 36.4 Å². The van der Waals surface area contributed by atoms with Crippen molar-refractivity contribution in [1.29, 1.82) is 0 Å². The predicted molar refractivity (Wildman–Crippen MR) is 124 cm³/mol. The Morgan fingerprint density at radius 3 is 2.29 bits per heavy atom. The van der Waals surface area contributed by atoms with Gasteiger partial charge in [-0.3, -0.25) is 4.68 Å². The summed E-state index contributed by atoms with van der Waals surface area (Å²) in [6.45, 7) is 4.32. The van der Waals surface area contributed by atoms with Gasteiger partial charge in [0.15, 0.2) is 5.11 Å². The van der Waals surface area contributed by atoms with E-state index in [0.717, 1.165) is 28.3 Å². The zero-order chi connectivity index (χ0) is 20.4. The molecule has 28 heavy (non-hydrogen) atoms. The van der Waals surface area contributed by atoms with Crippen LogP contribution in [0.2, 0.25) is 20.1 Å². The lowest BCUT2D eigenvalue weighted by atomic mass is 10.2. The monoisotopic (exact) mass is 472 g/mol. The van der Waals surface area contributed by atoms with Crippen LogP contribution in [-0.4, -0.2) is 14.9 Å². The molecule has 3 aromatic rings. The van der Waals surface area contributed by atoms with E-state index in [0.29, 0.717) is 31.7 Å². The van der Waals surface area contributed by atoms with Crippen LogP contribution in [0.5, 0.6) is 0 Å². The largest absolute Gasteiger partial charge is 0.332 e. The second-order valence-corrected chi connectivity index (χ2v) is 8.15. The first-order chi connectivity index (χ1) is 13.3. The summed E-state index contributed by atoms with van der Waals surface area (Å²) in [4.78, 5) is 0. The number of hydrogen-bond donors (Lipinski definition) is 2. The lowest BCUT2D eigenvalue weighted by Crippen LogP contribution is -2.20. The number of aromatic nitrogens is 2. The van der Waals surface area contributed by atoms with Gasteiger partial charge in [-0.1, -0.05) is 52.5 Å². The highest BCUT2D eigenvalue weighted by Gasteiger charge is 2.15. The number of nitrogens with zero attached hydrogens (tertiary/aromatic N) is 2. The fourth-order valence-electron chi connectivity index (χ4n) is 2.71. The molecule has 1 heterocycles. The van der Waals surface area contributed by atoms with Crippen LogP contribution in [0.1, 0.15) is 17.0 Å². The number of aryl methyl sites for hydroxylation is 1. The Labute approximate surface area is 188 Å². The van der Waals surface area contributed by atoms with Gasteiger partial charge in [0.25, 0.3) is 0 Å². The molecule has 0 unspecified atom stereocenters. The molecule has 146 valence electrons. The van der Waals surface area contributed by atoms with Gasteiger partial charge in [-0.25, -0.2) is 0 Å². The summed E-state index contributed by atoms with van der Waals surface area (Å²) in [5.74, 6) is 0. The fraction of sp³-hybridized carbons (Fsp3) is 0.158. The molecule has 0 bridgehead atoms. The first-order valence-electron chi connectivity index (χ1n) is 8.26. The summed E-state index contributed by atoms with van der Waals surface area (Å²) in [6, 6.07) is 10.6. The number of anilines is 2. The third kappa shape index (κ3) is 4.73. The first kappa shape index (κ1) is 21.2. The maximum absolute atomic E-state index is 6.28. The van der Waals surface area contributed by atoms with Gasteiger partial charge in [0.2, 0.25) is 0 Å². The van der Waals surface area contributed by atoms with E-state index in [1.54, 1.807) is 18.2 Å². The van der Waals surface area contributed by atoms with Crippen molar-refractivity contribution in [2.24, 2.45) is 0 Å². The zero-order valence-corrected chi connectivity index (χ0v) is 18.8. The number of nitrogens with one attached hydrogen (secondary N) is 2. The first-order valence-corrected chi connectivity index (χ1v) is 10.2. The SMILES string of the molecule is Cc1nn(Cc2c(Cl)cccc2Cl)c(C)c1NC(=S)Nc1ccc(Cl)c(Cl)c1. The Morgan fingerprint density at radius 2 is 1.64 bits per heavy atom. The lowest BCUT2D eigenvalue weighted by molar-refractivity contribution is 0.659. The molecular weight excluding hydrogens is 458 g/mol. The highest BCUT2D eigenvalue weighted by molar-refractivity contribution is 7.80. The van der Waals surface area contributed by atoms with Crippen molar-refractivity contribution in [3.8, 4) is 0 Å². The average molecular weight is 474 g/mol. The van der Waals surface area contributed by atoms with E-state index in [9.17, 15) is 0 Å². The molecule has 4 nitrogen and oxygen atoms in total. The van der Waals surface area contributed by atoms with Gasteiger partial charge in [0.1, 0.15) is 0 Å². The van der Waals surface area contributed by atoms with E-state index in [2.05, 4.69) is 15.7 Å². The normalized spacial score (nSPS) is 10.8. The minimum atomic E-state index is 0.417. The van der Waals surface area contributed by atoms with E-state index >= 15 is 0 Å². The van der Waals surface area contributed by atoms with Gasteiger partial charge in [-0.15, -0.1) is 0 Å². The van der Waals surface area contributed by atoms with Crippen LogP contribution in [0.3, 0.4) is 0 Å². The van der Waals surface area contributed by atoms with E-state index < -0.39 is 0 Å². The number of hydrogen-bond acceptors (Lipinski definition) is 2. The molecule has 2 N–H and O–H groups in total. The van der Waals surface area contributed by atoms with Crippen molar-refractivity contribution in [2.45, 2.75) is 20.4 Å². The third-order valence-electron chi connectivity index (χ3n) is 4.17. The van der Waals surface area contributed by atoms with Crippen molar-refractivity contribution in [3.05, 3.63) is 73.4 Å². The van der Waals surface area contributed by atoms with Crippen molar-refractivity contribution in [1.82, 2.24) is 9.78 Å². The summed E-state index contributed by atoms with van der Waals surface area (Å²) in [7, 11) is 0. The van der Waals surface area contributed by atoms with Gasteiger partial charge in [0.05, 0.1) is 33.7 Å². The second-order valence-electron chi connectivity index (χ2n) is 6.11. The highest BCUT2D eigenvalue weighted by atomic mass is 35.5. The number of rotatable bonds is 4. The van der Waals surface area contributed by atoms with Crippen LogP contribution in [0.4, 0.5) is 11.4 Å². The topological polar surface area (TPSA) is 41.9 Å². The lowest BCUT2D eigenvalue weighted by Gasteiger charge is -2.12. The molecule has 2 aromatic carbocycles. The van der Waals surface area contributed by atoms with Gasteiger partial charge in [-0.05, 0) is 56.4 Å². The molecule has 0 aliphatic rings. The molecule has 0 saturated carbocycles. The van der Waals surface area contributed by atoms with Gasteiger partial charge in [0, 0.05) is 21.3 Å². The average Bonchev–Trinajstić information content (AvgIpc) is 2.89. The molecule has 3 rings (SSSR count). The Kier molecular flexibility index (Phi) is 6.73. The van der Waals surface area contributed by atoms with E-state index in [1.165, 1.54) is 0 Å². The van der Waals surface area contributed by atoms with E-state index in [-0.39, 0.29) is 0 Å². The van der Waals surface area contributed by atoms with Crippen molar-refractivity contribution in [3.63, 3.8) is 0 Å². The highest BCUT2D eigenvalue weighted by Crippen LogP contribution is 2.28. The molecular formula is C19H16Cl4N4S. The Morgan fingerprint density at radius 1 is 0.964 bits per heavy atom. The molecule has 1 aromatic heterocycles. The predicted octanol–water partition coefficient (Wildman–Crippen LogP) is 6.97. The minimum absolute atomic E-state index is 0.417. The number of benzene rings is 2. The molecule has 0 radical (unpaired) electrons. The van der Waals surface area contributed by atoms with E-state index in [4.69, 9.17) is 58.6 Å². The van der Waals surface area contributed by atoms with Crippen LogP contribution in [0, 0.1) is 13.8 Å². The number of thiocarbonyl (C=S) groups is 1. The quantitative estimate of drug-likeness (QED) is 0.401. The molecule has 0 fully saturated rings. The summed E-state index contributed by atoms with van der Waals surface area (Å²) < 4.78 is 1.84. The Bertz CT molecular complexity index is 1030. The maximum atomic E-state index is 6.28. The summed E-state index contributed by atoms with van der Waals surface area (Å²) in [6.07, 6.45) is 0. The summed E-state index contributed by atoms with van der Waals surface area (Å²) in [5.41, 5.74) is 4.09. The molecule has 0 saturated heterocycles. The minimum Gasteiger partial charge on any atom is -0.332 e. The fourth-order valence-corrected chi connectivity index (χ4v) is 3.75. The van der Waals surface area contributed by atoms with Crippen molar-refractivity contribution >= 4 is 75.1 Å². The number of halogens is 4. The molecule has 9 heteroatoms. The maximum Gasteiger partial charge on any atom is 0.175 e. The summed E-state index contributed by atoms with van der Waals surface area (Å²) in [5, 5.41) is 13.4. The van der Waals surface area contributed by atoms with E-state index in [1.807, 2.05) is 36.7 Å². The molecule has 0 aliphatic heterocycles. The van der Waals surface area contributed by atoms with Crippen LogP contribution in [0.25, 0.3) is 0 Å². The molecule has 0 atom stereocenters. The van der Waals surface area contributed by atoms with Crippen molar-refractivity contribution in [2.75, 3.05) is 10.6 Å². The smallest absolute Gasteiger partial charge is 0.175 e. The Balaban J connectivity index is 1.78. The van der Waals surface area contributed by atoms with Gasteiger partial charge in [-0.2, -0.15) is 5.10 Å². The Hall–Kier alpha value is -1.50. The van der Waals surface area contributed by atoms with Gasteiger partial charge >= 0.3 is 0 Å². The third-order valence-corrected chi connectivity index (χ3v) is 5.82. The van der Waals surface area contributed by atoms with Gasteiger partial charge < -0.3 is 10.6 Å². The molecule has 0 amide bonds. The van der Waals surface area contributed by atoms with Crippen LogP contribution >= 0.6 is 58.6 Å². The van der Waals surface area contributed by atoms with Crippen molar-refractivity contribution < 1.29 is 0 Å².